The number of nitrogens with zero attached hydrogens (tertiary/aromatic N) is 3. The lowest BCUT2D eigenvalue weighted by atomic mass is 9.96. The highest BCUT2D eigenvalue weighted by Crippen LogP contribution is 2.32. The molecule has 0 spiro atoms. The van der Waals surface area contributed by atoms with E-state index >= 15 is 0 Å². The number of amides is 1. The van der Waals surface area contributed by atoms with E-state index in [-0.39, 0.29) is 28.5 Å². The van der Waals surface area contributed by atoms with Crippen molar-refractivity contribution < 1.29 is 13.6 Å². The fraction of sp³-hybridized carbons (Fsp3) is 0.286. The zero-order valence-electron chi connectivity index (χ0n) is 15.8. The molecule has 8 heteroatoms. The summed E-state index contributed by atoms with van der Waals surface area (Å²) in [7, 11) is 2.02. The Kier molecular flexibility index (Phi) is 4.99. The van der Waals surface area contributed by atoms with Crippen LogP contribution < -0.4 is 5.32 Å². The summed E-state index contributed by atoms with van der Waals surface area (Å²) >= 11 is 0. The van der Waals surface area contributed by atoms with Gasteiger partial charge in [-0.15, -0.1) is 0 Å². The molecular weight excluding hydrogens is 376 g/mol. The lowest BCUT2D eigenvalue weighted by Crippen LogP contribution is -2.36. The topological polar surface area (TPSA) is 84.8 Å². The van der Waals surface area contributed by atoms with Crippen LogP contribution >= 0.6 is 0 Å². The monoisotopic (exact) mass is 395 g/mol. The first kappa shape index (κ1) is 19.0. The number of likely N-dealkylation sites (tertiary alicyclic amines) is 1. The highest BCUT2D eigenvalue weighted by molar-refractivity contribution is 6.01. The number of carbonyl (C=O) groups is 1. The molecule has 1 amide bonds. The molecule has 0 aliphatic carbocycles. The average Bonchev–Trinajstić information content (AvgIpc) is 3.11. The molecule has 1 saturated heterocycles. The summed E-state index contributed by atoms with van der Waals surface area (Å²) in [5.74, 6) is -1.55. The number of H-pyrrole nitrogens is 1. The molecule has 29 heavy (non-hydrogen) atoms. The Bertz CT molecular complexity index is 1130. The Hall–Kier alpha value is -3.31. The quantitative estimate of drug-likeness (QED) is 0.709. The Labute approximate surface area is 166 Å². The predicted octanol–water partition coefficient (Wildman–Crippen LogP) is 3.66. The molecule has 0 saturated carbocycles. The average molecular weight is 395 g/mol. The van der Waals surface area contributed by atoms with Crippen molar-refractivity contribution in [3.8, 4) is 17.2 Å². The molecule has 3 aromatic rings. The van der Waals surface area contributed by atoms with E-state index in [2.05, 4.69) is 20.4 Å². The zero-order chi connectivity index (χ0) is 20.5. The summed E-state index contributed by atoms with van der Waals surface area (Å²) in [6.07, 6.45) is 1.54. The van der Waals surface area contributed by atoms with Gasteiger partial charge in [-0.1, -0.05) is 6.07 Å². The molecule has 2 N–H and O–H groups in total. The molecule has 1 fully saturated rings. The molecule has 1 aliphatic heterocycles. The predicted molar refractivity (Wildman–Crippen MR) is 105 cm³/mol. The summed E-state index contributed by atoms with van der Waals surface area (Å²) in [5, 5.41) is 19.4. The van der Waals surface area contributed by atoms with Gasteiger partial charge in [-0.2, -0.15) is 10.4 Å². The van der Waals surface area contributed by atoms with Gasteiger partial charge in [0.05, 0.1) is 16.6 Å². The van der Waals surface area contributed by atoms with E-state index in [1.807, 2.05) is 7.05 Å². The number of aromatic nitrogens is 2. The molecule has 6 nitrogen and oxygen atoms in total. The van der Waals surface area contributed by atoms with Gasteiger partial charge < -0.3 is 10.2 Å². The van der Waals surface area contributed by atoms with Crippen LogP contribution in [-0.2, 0) is 4.79 Å². The summed E-state index contributed by atoms with van der Waals surface area (Å²) in [6, 6.07) is 8.65. The second kappa shape index (κ2) is 7.60. The van der Waals surface area contributed by atoms with Crippen LogP contribution in [0.25, 0.3) is 22.0 Å². The van der Waals surface area contributed by atoms with E-state index in [0.717, 1.165) is 38.1 Å². The van der Waals surface area contributed by atoms with Crippen LogP contribution in [0.5, 0.6) is 0 Å². The summed E-state index contributed by atoms with van der Waals surface area (Å²) < 4.78 is 28.9. The maximum atomic E-state index is 14.6. The van der Waals surface area contributed by atoms with Gasteiger partial charge in [0, 0.05) is 11.3 Å². The Morgan fingerprint density at radius 1 is 1.28 bits per heavy atom. The summed E-state index contributed by atoms with van der Waals surface area (Å²) in [6.45, 7) is 1.72. The number of aromatic amines is 1. The van der Waals surface area contributed by atoms with Crippen molar-refractivity contribution >= 4 is 22.6 Å². The molecule has 2 heterocycles. The van der Waals surface area contributed by atoms with Gasteiger partial charge >= 0.3 is 0 Å². The van der Waals surface area contributed by atoms with Crippen molar-refractivity contribution in [2.75, 3.05) is 25.5 Å². The number of hydrogen-bond donors (Lipinski definition) is 2. The number of anilines is 1. The zero-order valence-corrected chi connectivity index (χ0v) is 15.8. The number of carbonyl (C=O) groups excluding carboxylic acids is 1. The van der Waals surface area contributed by atoms with Gasteiger partial charge in [0.25, 0.3) is 0 Å². The fourth-order valence-electron chi connectivity index (χ4n) is 3.66. The number of rotatable bonds is 3. The fourth-order valence-corrected chi connectivity index (χ4v) is 3.66. The molecule has 148 valence electrons. The number of hydrogen-bond acceptors (Lipinski definition) is 4. The van der Waals surface area contributed by atoms with Crippen molar-refractivity contribution in [1.82, 2.24) is 15.1 Å². The van der Waals surface area contributed by atoms with Crippen LogP contribution in [-0.4, -0.2) is 41.1 Å². The molecule has 4 rings (SSSR count). The van der Waals surface area contributed by atoms with Gasteiger partial charge in [0.1, 0.15) is 11.9 Å². The largest absolute Gasteiger partial charge is 0.308 e. The van der Waals surface area contributed by atoms with Gasteiger partial charge in [0.2, 0.25) is 5.91 Å². The number of piperidine rings is 1. The van der Waals surface area contributed by atoms with Crippen LogP contribution in [0.2, 0.25) is 0 Å². The third kappa shape index (κ3) is 3.57. The SMILES string of the molecule is CN1CCC(C(=O)Nc2n[nH]c3ccc(-c4c(F)ccc(C#N)c4F)cc23)CC1. The van der Waals surface area contributed by atoms with E-state index in [0.29, 0.717) is 16.7 Å². The van der Waals surface area contributed by atoms with Crippen molar-refractivity contribution in [2.45, 2.75) is 12.8 Å². The molecule has 0 bridgehead atoms. The Balaban J connectivity index is 1.67. The Morgan fingerprint density at radius 3 is 2.76 bits per heavy atom. The maximum Gasteiger partial charge on any atom is 0.228 e. The van der Waals surface area contributed by atoms with Gasteiger partial charge in [-0.25, -0.2) is 8.78 Å². The first-order valence-corrected chi connectivity index (χ1v) is 9.34. The van der Waals surface area contributed by atoms with Crippen molar-refractivity contribution in [3.63, 3.8) is 0 Å². The third-order valence-electron chi connectivity index (χ3n) is 5.39. The minimum absolute atomic E-state index is 0.0941. The van der Waals surface area contributed by atoms with Gasteiger partial charge in [-0.3, -0.25) is 9.89 Å². The van der Waals surface area contributed by atoms with Crippen LogP contribution in [0.4, 0.5) is 14.6 Å². The maximum absolute atomic E-state index is 14.6. The first-order valence-electron chi connectivity index (χ1n) is 9.34. The number of benzene rings is 2. The lowest BCUT2D eigenvalue weighted by molar-refractivity contribution is -0.121. The van der Waals surface area contributed by atoms with Crippen LogP contribution in [0.3, 0.4) is 0 Å². The summed E-state index contributed by atoms with van der Waals surface area (Å²) in [5.41, 5.74) is 0.384. The van der Waals surface area contributed by atoms with E-state index in [1.165, 1.54) is 0 Å². The van der Waals surface area contributed by atoms with Crippen molar-refractivity contribution in [3.05, 3.63) is 47.5 Å². The molecule has 1 aromatic heterocycles. The second-order valence-corrected chi connectivity index (χ2v) is 7.30. The highest BCUT2D eigenvalue weighted by Gasteiger charge is 2.24. The minimum atomic E-state index is -0.910. The smallest absolute Gasteiger partial charge is 0.228 e. The molecule has 1 aliphatic rings. The van der Waals surface area contributed by atoms with Crippen molar-refractivity contribution in [2.24, 2.45) is 5.92 Å². The van der Waals surface area contributed by atoms with E-state index in [4.69, 9.17) is 5.26 Å². The van der Waals surface area contributed by atoms with Gasteiger partial charge in [-0.05, 0) is 62.8 Å². The number of nitriles is 1. The molecule has 2 aromatic carbocycles. The second-order valence-electron chi connectivity index (χ2n) is 7.30. The standard InChI is InChI=1S/C21H19F2N5O/c1-28-8-6-12(7-9-28)21(29)25-20-15-10-13(3-5-17(15)26-27-20)18-16(22)4-2-14(11-24)19(18)23/h2-5,10,12H,6-9H2,1H3,(H2,25,26,27,29). The summed E-state index contributed by atoms with van der Waals surface area (Å²) in [4.78, 5) is 14.8. The third-order valence-corrected chi connectivity index (χ3v) is 5.39. The highest BCUT2D eigenvalue weighted by atomic mass is 19.1. The first-order chi connectivity index (χ1) is 14.0. The molecule has 0 radical (unpaired) electrons. The van der Waals surface area contributed by atoms with Crippen LogP contribution in [0.15, 0.2) is 30.3 Å². The van der Waals surface area contributed by atoms with Crippen molar-refractivity contribution in [1.29, 1.82) is 5.26 Å². The molecule has 0 unspecified atom stereocenters. The number of halogens is 2. The number of fused-ring (bicyclic) bond motifs is 1. The van der Waals surface area contributed by atoms with E-state index < -0.39 is 11.6 Å². The van der Waals surface area contributed by atoms with Gasteiger partial charge in [0.15, 0.2) is 11.6 Å². The van der Waals surface area contributed by atoms with E-state index in [9.17, 15) is 13.6 Å². The van der Waals surface area contributed by atoms with E-state index in [1.54, 1.807) is 24.3 Å². The molecule has 0 atom stereocenters. The van der Waals surface area contributed by atoms with Crippen LogP contribution in [0, 0.1) is 28.9 Å². The lowest BCUT2D eigenvalue weighted by Gasteiger charge is -2.27. The normalized spacial score (nSPS) is 15.4. The number of nitrogens with one attached hydrogen (secondary N) is 2. The Morgan fingerprint density at radius 2 is 2.03 bits per heavy atom. The van der Waals surface area contributed by atoms with Crippen LogP contribution in [0.1, 0.15) is 18.4 Å². The minimum Gasteiger partial charge on any atom is -0.308 e. The molecular formula is C21H19F2N5O.